The largest absolute Gasteiger partial charge is 0.477 e. The van der Waals surface area contributed by atoms with E-state index in [1.165, 1.54) is 15.4 Å². The molecule has 55 heavy (non-hydrogen) atoms. The Morgan fingerprint density at radius 1 is 0.982 bits per heavy atom. The summed E-state index contributed by atoms with van der Waals surface area (Å²) in [5.74, 6) is -0.874. The number of H-pyrrole nitrogens is 1. The summed E-state index contributed by atoms with van der Waals surface area (Å²) in [5, 5.41) is 20.1. The highest BCUT2D eigenvalue weighted by Crippen LogP contribution is 2.27. The van der Waals surface area contributed by atoms with Crippen molar-refractivity contribution in [2.45, 2.75) is 33.6 Å². The number of aromatic carboxylic acids is 1. The second-order valence-electron chi connectivity index (χ2n) is 13.4. The van der Waals surface area contributed by atoms with Crippen molar-refractivity contribution in [2.75, 3.05) is 31.1 Å². The van der Waals surface area contributed by atoms with E-state index in [4.69, 9.17) is 17.3 Å². The number of carboxylic acids is 1. The summed E-state index contributed by atoms with van der Waals surface area (Å²) in [6, 6.07) is 20.3. The number of nitrogens with one attached hydrogen (secondary N) is 1. The summed E-state index contributed by atoms with van der Waals surface area (Å²) in [5.41, 5.74) is 2.17. The lowest BCUT2D eigenvalue weighted by molar-refractivity contribution is 0.0694. The molecule has 0 unspecified atom stereocenters. The molecule has 0 amide bonds. The maximum Gasteiger partial charge on any atom is 0.350 e. The minimum atomic E-state index is -1.35. The second-order valence-corrected chi connectivity index (χ2v) is 13.7. The van der Waals surface area contributed by atoms with E-state index in [9.17, 15) is 19.5 Å². The fourth-order valence-corrected chi connectivity index (χ4v) is 7.49. The molecule has 0 saturated carbocycles. The van der Waals surface area contributed by atoms with Crippen LogP contribution in [0.5, 0.6) is 0 Å². The number of aromatic nitrogens is 8. The molecular formula is C39H37FN10O4S. The van der Waals surface area contributed by atoms with E-state index < -0.39 is 22.8 Å². The van der Waals surface area contributed by atoms with E-state index in [1.807, 2.05) is 83.3 Å². The van der Waals surface area contributed by atoms with Gasteiger partial charge in [0.1, 0.15) is 23.7 Å². The van der Waals surface area contributed by atoms with Crippen LogP contribution in [0.2, 0.25) is 0 Å². The zero-order valence-electron chi connectivity index (χ0n) is 30.1. The molecule has 4 aromatic heterocycles. The molecule has 1 aliphatic heterocycles. The van der Waals surface area contributed by atoms with E-state index in [2.05, 4.69) is 15.0 Å². The van der Waals surface area contributed by atoms with Crippen molar-refractivity contribution in [1.82, 2.24) is 43.1 Å². The van der Waals surface area contributed by atoms with Crippen molar-refractivity contribution in [3.8, 4) is 5.69 Å². The number of para-hydroxylation sites is 2. The number of aryl methyl sites for hydroxylation is 2. The minimum absolute atomic E-state index is 0.0342. The Kier molecular flexibility index (Phi) is 9.36. The SMILES string of the molecule is CCn1cc(C(=O)O)c(=O)c2cc(F)c(N3CCN(Cn4nc(Cn5nc(C)n(/C=C\c6c[nH]c7ccccc67)c5=O)n(-c5ccccc5)c4=S)CC3)cc21. The molecule has 14 nitrogen and oxygen atoms in total. The first-order chi connectivity index (χ1) is 26.6. The summed E-state index contributed by atoms with van der Waals surface area (Å²) in [6.07, 6.45) is 6.82. The van der Waals surface area contributed by atoms with Crippen LogP contribution >= 0.6 is 12.2 Å². The highest BCUT2D eigenvalue weighted by atomic mass is 32.1. The van der Waals surface area contributed by atoms with E-state index in [0.717, 1.165) is 28.2 Å². The Bertz CT molecular complexity index is 2800. The average molecular weight is 761 g/mol. The van der Waals surface area contributed by atoms with Crippen molar-refractivity contribution < 1.29 is 14.3 Å². The van der Waals surface area contributed by atoms with E-state index in [-0.39, 0.29) is 17.6 Å². The van der Waals surface area contributed by atoms with Crippen molar-refractivity contribution >= 4 is 58.0 Å². The lowest BCUT2D eigenvalue weighted by Crippen LogP contribution is -2.47. The Morgan fingerprint density at radius 2 is 1.73 bits per heavy atom. The number of rotatable bonds is 10. The van der Waals surface area contributed by atoms with Crippen molar-refractivity contribution in [3.63, 3.8) is 0 Å². The number of benzene rings is 3. The summed E-state index contributed by atoms with van der Waals surface area (Å²) in [7, 11) is 0. The quantitative estimate of drug-likeness (QED) is 0.180. The van der Waals surface area contributed by atoms with Gasteiger partial charge >= 0.3 is 11.7 Å². The Hall–Kier alpha value is -6.39. The van der Waals surface area contributed by atoms with Crippen LogP contribution in [0.3, 0.4) is 0 Å². The highest BCUT2D eigenvalue weighted by molar-refractivity contribution is 7.71. The van der Waals surface area contributed by atoms with Gasteiger partial charge in [0.15, 0.2) is 5.82 Å². The number of piperazine rings is 1. The Balaban J connectivity index is 1.03. The molecule has 3 aromatic carbocycles. The number of pyridine rings is 1. The predicted molar refractivity (Wildman–Crippen MR) is 211 cm³/mol. The first-order valence-corrected chi connectivity index (χ1v) is 18.2. The summed E-state index contributed by atoms with van der Waals surface area (Å²) >= 11 is 5.98. The molecule has 1 fully saturated rings. The molecule has 8 rings (SSSR count). The molecule has 280 valence electrons. The average Bonchev–Trinajstić information content (AvgIpc) is 3.83. The molecule has 5 heterocycles. The zero-order valence-corrected chi connectivity index (χ0v) is 30.9. The van der Waals surface area contributed by atoms with Crippen LogP contribution in [0.4, 0.5) is 10.1 Å². The number of nitrogens with zero attached hydrogens (tertiary/aromatic N) is 9. The van der Waals surface area contributed by atoms with Crippen LogP contribution in [0.1, 0.15) is 34.5 Å². The summed E-state index contributed by atoms with van der Waals surface area (Å²) < 4.78 is 24.1. The van der Waals surface area contributed by atoms with Crippen molar-refractivity contribution in [1.29, 1.82) is 0 Å². The third-order valence-corrected chi connectivity index (χ3v) is 10.4. The molecule has 0 radical (unpaired) electrons. The van der Waals surface area contributed by atoms with Gasteiger partial charge in [-0.2, -0.15) is 10.2 Å². The molecule has 1 saturated heterocycles. The molecule has 7 aromatic rings. The van der Waals surface area contributed by atoms with Gasteiger partial charge in [0.2, 0.25) is 10.2 Å². The van der Waals surface area contributed by atoms with Gasteiger partial charge in [-0.05, 0) is 62.5 Å². The monoisotopic (exact) mass is 760 g/mol. The Morgan fingerprint density at radius 3 is 2.47 bits per heavy atom. The Labute approximate surface area is 318 Å². The standard InChI is InChI=1S/C39H37FN10O4S/c1-3-45-22-30(37(52)53)36(51)29-19-31(40)34(20-33(29)45)46-17-15-44(16-18-46)24-49-39(55)50(27-9-5-4-6-10-27)35(43-49)23-48-38(54)47(25(2)42-48)14-13-26-21-41-32-12-8-7-11-28(26)32/h4-14,19-22,41H,3,15-18,23-24H2,1-2H3,(H,52,53)/b14-13-. The zero-order chi connectivity index (χ0) is 38.4. The van der Waals surface area contributed by atoms with Gasteiger partial charge in [0, 0.05) is 78.9 Å². The number of fused-ring (bicyclic) bond motifs is 2. The predicted octanol–water partition coefficient (Wildman–Crippen LogP) is 5.18. The smallest absolute Gasteiger partial charge is 0.350 e. The molecule has 16 heteroatoms. The maximum absolute atomic E-state index is 15.5. The molecule has 2 N–H and O–H groups in total. The van der Waals surface area contributed by atoms with Crippen LogP contribution in [-0.4, -0.2) is 80.4 Å². The van der Waals surface area contributed by atoms with Gasteiger partial charge in [-0.3, -0.25) is 18.8 Å². The first kappa shape index (κ1) is 35.6. The topological polar surface area (TPSA) is 144 Å². The number of carboxylic acid groups (broad SMARTS) is 1. The fraction of sp³-hybridized carbons (Fsp3) is 0.231. The van der Waals surface area contributed by atoms with E-state index in [0.29, 0.717) is 67.0 Å². The molecule has 0 bridgehead atoms. The number of hydrogen-bond acceptors (Lipinski definition) is 8. The van der Waals surface area contributed by atoms with Crippen LogP contribution in [0.15, 0.2) is 88.7 Å². The third-order valence-electron chi connectivity index (χ3n) is 10.0. The van der Waals surface area contributed by atoms with Gasteiger partial charge < -0.3 is 19.6 Å². The molecular weight excluding hydrogens is 724 g/mol. The van der Waals surface area contributed by atoms with Gasteiger partial charge in [-0.25, -0.2) is 23.3 Å². The van der Waals surface area contributed by atoms with Crippen LogP contribution < -0.4 is 16.0 Å². The van der Waals surface area contributed by atoms with Gasteiger partial charge in [0.25, 0.3) is 0 Å². The second kappa shape index (κ2) is 14.4. The third kappa shape index (κ3) is 6.59. The lowest BCUT2D eigenvalue weighted by Gasteiger charge is -2.36. The molecule has 0 aliphatic carbocycles. The fourth-order valence-electron chi connectivity index (χ4n) is 7.18. The summed E-state index contributed by atoms with van der Waals surface area (Å²) in [6.45, 7) is 6.58. The van der Waals surface area contributed by atoms with Crippen LogP contribution in [0, 0.1) is 17.5 Å². The number of halogens is 1. The lowest BCUT2D eigenvalue weighted by atomic mass is 10.1. The van der Waals surface area contributed by atoms with Gasteiger partial charge in [-0.15, -0.1) is 0 Å². The number of carbonyl (C=O) groups is 1. The normalized spacial score (nSPS) is 13.8. The molecule has 0 spiro atoms. The van der Waals surface area contributed by atoms with Gasteiger partial charge in [-0.1, -0.05) is 36.4 Å². The van der Waals surface area contributed by atoms with Crippen molar-refractivity contribution in [3.05, 3.63) is 133 Å². The summed E-state index contributed by atoms with van der Waals surface area (Å²) in [4.78, 5) is 45.5. The first-order valence-electron chi connectivity index (χ1n) is 17.8. The van der Waals surface area contributed by atoms with Crippen LogP contribution in [-0.2, 0) is 19.8 Å². The highest BCUT2D eigenvalue weighted by Gasteiger charge is 2.24. The molecule has 1 aliphatic rings. The minimum Gasteiger partial charge on any atom is -0.477 e. The van der Waals surface area contributed by atoms with E-state index in [1.54, 1.807) is 28.4 Å². The van der Waals surface area contributed by atoms with Gasteiger partial charge in [0.05, 0.1) is 17.9 Å². The maximum atomic E-state index is 15.5. The number of anilines is 1. The number of aromatic amines is 1. The van der Waals surface area contributed by atoms with E-state index >= 15 is 4.39 Å². The van der Waals surface area contributed by atoms with Crippen molar-refractivity contribution in [2.24, 2.45) is 0 Å². The van der Waals surface area contributed by atoms with Crippen LogP contribution in [0.25, 0.3) is 39.8 Å². The number of hydrogen-bond donors (Lipinski definition) is 2. The molecule has 0 atom stereocenters.